The van der Waals surface area contributed by atoms with Gasteiger partial charge in [-0.3, -0.25) is 0 Å². The van der Waals surface area contributed by atoms with Crippen LogP contribution in [-0.2, 0) is 22.9 Å². The van der Waals surface area contributed by atoms with Crippen LogP contribution in [0.4, 0.5) is 15.8 Å². The number of anilines is 2. The highest BCUT2D eigenvalue weighted by atomic mass is 35.5. The van der Waals surface area contributed by atoms with Crippen molar-refractivity contribution in [3.63, 3.8) is 0 Å². The predicted octanol–water partition coefficient (Wildman–Crippen LogP) is 5.54. The van der Waals surface area contributed by atoms with Gasteiger partial charge >= 0.3 is 0 Å². The second kappa shape index (κ2) is 9.85. The average Bonchev–Trinajstić information content (AvgIpc) is 3.36. The minimum Gasteiger partial charge on any atom is -0.383 e. The minimum atomic E-state index is -3.57. The second-order valence-corrected chi connectivity index (χ2v) is 12.7. The number of halogens is 2. The highest BCUT2D eigenvalue weighted by Gasteiger charge is 2.41. The number of hydrogen-bond acceptors (Lipinski definition) is 5. The molecule has 3 N–H and O–H groups in total. The zero-order valence-electron chi connectivity index (χ0n) is 18.6. The molecule has 5 nitrogen and oxygen atoms in total. The maximum atomic E-state index is 13.0. The Balaban J connectivity index is 1.22. The van der Waals surface area contributed by atoms with Crippen LogP contribution in [0.3, 0.4) is 0 Å². The lowest BCUT2D eigenvalue weighted by Crippen LogP contribution is -2.41. The van der Waals surface area contributed by atoms with E-state index in [2.05, 4.69) is 33.6 Å². The molecule has 1 aromatic heterocycles. The Morgan fingerprint density at radius 2 is 1.53 bits per heavy atom. The van der Waals surface area contributed by atoms with Gasteiger partial charge in [0, 0.05) is 30.5 Å². The molecule has 0 saturated heterocycles. The van der Waals surface area contributed by atoms with Gasteiger partial charge in [-0.1, -0.05) is 17.7 Å². The van der Waals surface area contributed by atoms with Crippen molar-refractivity contribution in [3.05, 3.63) is 75.9 Å². The molecule has 2 bridgehead atoms. The Hall–Kier alpha value is -2.13. The summed E-state index contributed by atoms with van der Waals surface area (Å²) in [6.07, 6.45) is 3.82. The van der Waals surface area contributed by atoms with Crippen LogP contribution in [0.2, 0.25) is 4.34 Å². The average molecular weight is 520 g/mol. The van der Waals surface area contributed by atoms with Crippen LogP contribution < -0.4 is 15.4 Å². The fourth-order valence-corrected chi connectivity index (χ4v) is 8.05. The highest BCUT2D eigenvalue weighted by Crippen LogP contribution is 2.41. The molecule has 3 unspecified atom stereocenters. The first kappa shape index (κ1) is 23.6. The first-order valence-electron chi connectivity index (χ1n) is 11.5. The molecule has 2 aliphatic carbocycles. The lowest BCUT2D eigenvalue weighted by Gasteiger charge is -2.23. The van der Waals surface area contributed by atoms with Gasteiger partial charge in [-0.2, -0.15) is 0 Å². The van der Waals surface area contributed by atoms with E-state index < -0.39 is 10.0 Å². The largest absolute Gasteiger partial charge is 0.383 e. The summed E-state index contributed by atoms with van der Waals surface area (Å²) in [7, 11) is -3.57. The number of hydrogen-bond donors (Lipinski definition) is 3. The van der Waals surface area contributed by atoms with Gasteiger partial charge in [0.2, 0.25) is 10.0 Å². The number of sulfonamides is 1. The molecule has 1 fully saturated rings. The van der Waals surface area contributed by atoms with E-state index in [1.54, 1.807) is 24.3 Å². The maximum absolute atomic E-state index is 13.0. The van der Waals surface area contributed by atoms with E-state index in [4.69, 9.17) is 11.6 Å². The van der Waals surface area contributed by atoms with Gasteiger partial charge in [0.25, 0.3) is 0 Å². The number of benzene rings is 2. The highest BCUT2D eigenvalue weighted by molar-refractivity contribution is 7.91. The topological polar surface area (TPSA) is 70.2 Å². The molecule has 1 saturated carbocycles. The lowest BCUT2D eigenvalue weighted by molar-refractivity contribution is 0.386. The number of nitrogens with one attached hydrogen (secondary N) is 3. The molecule has 0 radical (unpaired) electrons. The molecular weight excluding hydrogens is 493 g/mol. The third kappa shape index (κ3) is 5.25. The summed E-state index contributed by atoms with van der Waals surface area (Å²) >= 11 is 7.06. The molecule has 5 rings (SSSR count). The molecule has 2 aliphatic rings. The van der Waals surface area contributed by atoms with E-state index in [1.165, 1.54) is 23.3 Å². The van der Waals surface area contributed by atoms with Crippen LogP contribution in [0.25, 0.3) is 0 Å². The summed E-state index contributed by atoms with van der Waals surface area (Å²) in [5.74, 6) is 0.343. The summed E-state index contributed by atoms with van der Waals surface area (Å²) in [4.78, 5) is 0. The van der Waals surface area contributed by atoms with Crippen LogP contribution >= 0.6 is 22.9 Å². The van der Waals surface area contributed by atoms with Crippen LogP contribution in [-0.4, -0.2) is 27.5 Å². The zero-order chi connectivity index (χ0) is 23.7. The number of fused-ring (bicyclic) bond motifs is 3. The molecule has 180 valence electrons. The third-order valence-corrected chi connectivity index (χ3v) is 10.0. The van der Waals surface area contributed by atoms with Crippen molar-refractivity contribution in [1.82, 2.24) is 4.72 Å². The lowest BCUT2D eigenvalue weighted by atomic mass is 9.93. The summed E-state index contributed by atoms with van der Waals surface area (Å²) in [6, 6.07) is 16.0. The van der Waals surface area contributed by atoms with Crippen molar-refractivity contribution in [2.75, 3.05) is 23.7 Å². The van der Waals surface area contributed by atoms with Gasteiger partial charge < -0.3 is 10.6 Å². The van der Waals surface area contributed by atoms with E-state index in [1.807, 2.05) is 0 Å². The Morgan fingerprint density at radius 3 is 2.21 bits per heavy atom. The van der Waals surface area contributed by atoms with Gasteiger partial charge in [-0.25, -0.2) is 17.5 Å². The van der Waals surface area contributed by atoms with Gasteiger partial charge in [0.05, 0.1) is 4.34 Å². The van der Waals surface area contributed by atoms with Crippen molar-refractivity contribution in [2.45, 2.75) is 35.9 Å². The van der Waals surface area contributed by atoms with Crippen LogP contribution in [0.15, 0.2) is 58.8 Å². The molecule has 2 aromatic carbocycles. The predicted molar refractivity (Wildman–Crippen MR) is 137 cm³/mol. The minimum absolute atomic E-state index is 0.0606. The summed E-state index contributed by atoms with van der Waals surface area (Å²) in [5, 5.41) is 6.73. The van der Waals surface area contributed by atoms with Gasteiger partial charge in [-0.15, -0.1) is 11.3 Å². The normalized spacial score (nSPS) is 21.6. The van der Waals surface area contributed by atoms with E-state index in [-0.39, 0.29) is 22.0 Å². The number of rotatable bonds is 8. The molecule has 0 spiro atoms. The van der Waals surface area contributed by atoms with Crippen LogP contribution in [0.5, 0.6) is 0 Å². The fourth-order valence-electron chi connectivity index (χ4n) is 5.17. The second-order valence-electron chi connectivity index (χ2n) is 9.06. The monoisotopic (exact) mass is 519 g/mol. The molecule has 0 aliphatic heterocycles. The Kier molecular flexibility index (Phi) is 6.84. The van der Waals surface area contributed by atoms with Crippen LogP contribution in [0, 0.1) is 17.7 Å². The first-order chi connectivity index (χ1) is 16.4. The van der Waals surface area contributed by atoms with Crippen molar-refractivity contribution in [3.8, 4) is 0 Å². The number of thiophene rings is 1. The van der Waals surface area contributed by atoms with Crippen LogP contribution in [0.1, 0.15) is 24.0 Å². The molecule has 1 heterocycles. The SMILES string of the molecule is O=S(=O)(NC1C2CCC1Cc1cc(NCCNc3ccc(F)cc3)ccc1C2)c1ccc(Cl)s1. The van der Waals surface area contributed by atoms with E-state index in [0.29, 0.717) is 16.8 Å². The third-order valence-electron chi connectivity index (χ3n) is 6.83. The van der Waals surface area contributed by atoms with Crippen molar-refractivity contribution in [2.24, 2.45) is 11.8 Å². The fraction of sp³-hybridized carbons (Fsp3) is 0.360. The molecule has 3 atom stereocenters. The quantitative estimate of drug-likeness (QED) is 0.342. The van der Waals surface area contributed by atoms with Gasteiger partial charge in [0.15, 0.2) is 0 Å². The Bertz CT molecular complexity index is 1260. The van der Waals surface area contributed by atoms with Crippen molar-refractivity contribution < 1.29 is 12.8 Å². The van der Waals surface area contributed by atoms with Gasteiger partial charge in [-0.05, 0) is 97.2 Å². The van der Waals surface area contributed by atoms with E-state index >= 15 is 0 Å². The van der Waals surface area contributed by atoms with Crippen molar-refractivity contribution in [1.29, 1.82) is 0 Å². The smallest absolute Gasteiger partial charge is 0.250 e. The van der Waals surface area contributed by atoms with E-state index in [9.17, 15) is 12.8 Å². The zero-order valence-corrected chi connectivity index (χ0v) is 20.9. The Morgan fingerprint density at radius 1 is 0.882 bits per heavy atom. The summed E-state index contributed by atoms with van der Waals surface area (Å²) in [5.41, 5.74) is 4.56. The van der Waals surface area contributed by atoms with Gasteiger partial charge in [0.1, 0.15) is 10.0 Å². The Labute approximate surface area is 208 Å². The molecule has 34 heavy (non-hydrogen) atoms. The first-order valence-corrected chi connectivity index (χ1v) is 14.2. The molecule has 9 heteroatoms. The van der Waals surface area contributed by atoms with Crippen molar-refractivity contribution >= 4 is 44.3 Å². The summed E-state index contributed by atoms with van der Waals surface area (Å²) in [6.45, 7) is 1.44. The molecule has 3 aromatic rings. The standard InChI is InChI=1S/C25H27ClFN3O2S2/c26-23-9-10-24(33-23)34(31,32)30-25-17-1-2-18(25)14-19-15-22(6-3-16(19)13-17)29-12-11-28-21-7-4-20(27)5-8-21/h3-10,15,17-18,25,28-30H,1-2,11-14H2. The maximum Gasteiger partial charge on any atom is 0.250 e. The molecular formula is C25H27ClFN3O2S2. The van der Waals surface area contributed by atoms with E-state index in [0.717, 1.165) is 54.9 Å². The summed E-state index contributed by atoms with van der Waals surface area (Å²) < 4.78 is 42.7. The molecule has 0 amide bonds.